The number of rotatable bonds is 3. The highest BCUT2D eigenvalue weighted by atomic mass is 14.8. The Morgan fingerprint density at radius 1 is 1.67 bits per heavy atom. The summed E-state index contributed by atoms with van der Waals surface area (Å²) in [6.45, 7) is 5.59. The first-order valence-corrected chi connectivity index (χ1v) is 2.65. The number of aliphatic imine (C=N–C) groups is 2. The molecule has 0 atom stereocenters. The molecule has 2 N–H and O–H groups in total. The van der Waals surface area contributed by atoms with E-state index in [1.807, 2.05) is 6.92 Å². The summed E-state index contributed by atoms with van der Waals surface area (Å²) < 4.78 is 0. The lowest BCUT2D eigenvalue weighted by Gasteiger charge is -1.86. The molecule has 0 amide bonds. The Balaban J connectivity index is 3.67. The zero-order valence-electron chi connectivity index (χ0n) is 5.54. The minimum Gasteiger partial charge on any atom is -0.325 e. The quantitative estimate of drug-likeness (QED) is 0.551. The largest absolute Gasteiger partial charge is 0.325 e. The second-order valence-corrected chi connectivity index (χ2v) is 1.55. The Kier molecular flexibility index (Phi) is 4.63. The van der Waals surface area contributed by atoms with Gasteiger partial charge in [0.05, 0.1) is 0 Å². The molecule has 0 radical (unpaired) electrons. The molecule has 0 aromatic rings. The molecular formula is C6H11N3. The van der Waals surface area contributed by atoms with Crippen LogP contribution in [0.5, 0.6) is 0 Å². The fraction of sp³-hybridized carbons (Fsp3) is 0.333. The van der Waals surface area contributed by atoms with Crippen LogP contribution in [0.25, 0.3) is 0 Å². The van der Waals surface area contributed by atoms with Crippen molar-refractivity contribution in [1.29, 1.82) is 0 Å². The SMILES string of the molecule is C=N/C=C\N=C(\C)CN. The van der Waals surface area contributed by atoms with E-state index in [1.54, 1.807) is 6.20 Å². The second-order valence-electron chi connectivity index (χ2n) is 1.55. The predicted octanol–water partition coefficient (Wildman–Crippen LogP) is 0.578. The zero-order valence-corrected chi connectivity index (χ0v) is 5.54. The molecule has 0 unspecified atom stereocenters. The fourth-order valence-corrected chi connectivity index (χ4v) is 0.260. The molecule has 0 aromatic heterocycles. The van der Waals surface area contributed by atoms with Crippen LogP contribution in [-0.4, -0.2) is 19.0 Å². The number of nitrogens with zero attached hydrogens (tertiary/aromatic N) is 2. The van der Waals surface area contributed by atoms with Gasteiger partial charge in [0, 0.05) is 24.7 Å². The van der Waals surface area contributed by atoms with Crippen LogP contribution in [0.4, 0.5) is 0 Å². The Hall–Kier alpha value is -0.960. The van der Waals surface area contributed by atoms with E-state index >= 15 is 0 Å². The van der Waals surface area contributed by atoms with E-state index in [4.69, 9.17) is 5.73 Å². The van der Waals surface area contributed by atoms with Crippen molar-refractivity contribution >= 4 is 12.4 Å². The second kappa shape index (κ2) is 5.18. The van der Waals surface area contributed by atoms with E-state index in [2.05, 4.69) is 16.7 Å². The van der Waals surface area contributed by atoms with Crippen LogP contribution in [0, 0.1) is 0 Å². The van der Waals surface area contributed by atoms with E-state index in [9.17, 15) is 0 Å². The summed E-state index contributed by atoms with van der Waals surface area (Å²) in [7, 11) is 0. The molecule has 9 heavy (non-hydrogen) atoms. The molecule has 0 heterocycles. The maximum atomic E-state index is 5.24. The molecule has 0 saturated heterocycles. The van der Waals surface area contributed by atoms with E-state index in [-0.39, 0.29) is 0 Å². The first-order valence-electron chi connectivity index (χ1n) is 2.65. The Labute approximate surface area is 55.0 Å². The summed E-state index contributed by atoms with van der Waals surface area (Å²) >= 11 is 0. The molecule has 0 aromatic carbocycles. The van der Waals surface area contributed by atoms with Gasteiger partial charge in [0.25, 0.3) is 0 Å². The van der Waals surface area contributed by atoms with Gasteiger partial charge in [-0.15, -0.1) is 0 Å². The van der Waals surface area contributed by atoms with Gasteiger partial charge in [-0.1, -0.05) is 0 Å². The summed E-state index contributed by atoms with van der Waals surface area (Å²) in [5, 5.41) is 0. The van der Waals surface area contributed by atoms with Gasteiger partial charge in [-0.2, -0.15) is 0 Å². The Morgan fingerprint density at radius 3 is 2.78 bits per heavy atom. The molecule has 3 heteroatoms. The molecule has 0 saturated carbocycles. The highest BCUT2D eigenvalue weighted by molar-refractivity contribution is 5.84. The molecule has 0 bridgehead atoms. The molecule has 0 spiro atoms. The topological polar surface area (TPSA) is 50.7 Å². The summed E-state index contributed by atoms with van der Waals surface area (Å²) in [5.41, 5.74) is 6.13. The fourth-order valence-electron chi connectivity index (χ4n) is 0.260. The average Bonchev–Trinajstić information content (AvgIpc) is 1.89. The highest BCUT2D eigenvalue weighted by Gasteiger charge is 1.78. The molecule has 0 aliphatic heterocycles. The van der Waals surface area contributed by atoms with Gasteiger partial charge in [0.2, 0.25) is 0 Å². The van der Waals surface area contributed by atoms with Crippen molar-refractivity contribution in [2.24, 2.45) is 15.7 Å². The van der Waals surface area contributed by atoms with Gasteiger partial charge < -0.3 is 5.73 Å². The van der Waals surface area contributed by atoms with Crippen molar-refractivity contribution in [2.75, 3.05) is 6.54 Å². The van der Waals surface area contributed by atoms with Gasteiger partial charge >= 0.3 is 0 Å². The number of hydrogen-bond donors (Lipinski definition) is 1. The van der Waals surface area contributed by atoms with Crippen LogP contribution in [0.1, 0.15) is 6.92 Å². The van der Waals surface area contributed by atoms with Crippen LogP contribution < -0.4 is 5.73 Å². The van der Waals surface area contributed by atoms with Crippen molar-refractivity contribution in [3.8, 4) is 0 Å². The van der Waals surface area contributed by atoms with Crippen molar-refractivity contribution in [3.05, 3.63) is 12.4 Å². The van der Waals surface area contributed by atoms with Crippen molar-refractivity contribution < 1.29 is 0 Å². The lowest BCUT2D eigenvalue weighted by Crippen LogP contribution is -2.08. The first-order chi connectivity index (χ1) is 4.31. The summed E-state index contributed by atoms with van der Waals surface area (Å²) in [6, 6.07) is 0. The van der Waals surface area contributed by atoms with E-state index in [1.165, 1.54) is 6.20 Å². The predicted molar refractivity (Wildman–Crippen MR) is 40.9 cm³/mol. The first kappa shape index (κ1) is 8.04. The lowest BCUT2D eigenvalue weighted by molar-refractivity contribution is 1.27. The summed E-state index contributed by atoms with van der Waals surface area (Å²) in [5.74, 6) is 0. The molecule has 3 nitrogen and oxygen atoms in total. The maximum absolute atomic E-state index is 5.24. The Morgan fingerprint density at radius 2 is 2.33 bits per heavy atom. The average molecular weight is 125 g/mol. The number of hydrogen-bond acceptors (Lipinski definition) is 3. The molecule has 50 valence electrons. The van der Waals surface area contributed by atoms with Gasteiger partial charge in [-0.25, -0.2) is 0 Å². The normalized spacial score (nSPS) is 12.4. The van der Waals surface area contributed by atoms with Crippen LogP contribution in [0.15, 0.2) is 22.4 Å². The minimum absolute atomic E-state index is 0.488. The van der Waals surface area contributed by atoms with Crippen molar-refractivity contribution in [3.63, 3.8) is 0 Å². The summed E-state index contributed by atoms with van der Waals surface area (Å²) in [4.78, 5) is 7.37. The monoisotopic (exact) mass is 125 g/mol. The van der Waals surface area contributed by atoms with Gasteiger partial charge in [-0.3, -0.25) is 9.98 Å². The molecule has 0 rings (SSSR count). The third-order valence-corrected chi connectivity index (χ3v) is 0.762. The van der Waals surface area contributed by atoms with Crippen LogP contribution in [-0.2, 0) is 0 Å². The standard InChI is InChI=1S/C6H11N3/c1-6(5-7)9-4-3-8-2/h3-4H,2,5,7H2,1H3/b4-3-,9-6-. The molecule has 0 fully saturated rings. The van der Waals surface area contributed by atoms with Crippen molar-refractivity contribution in [1.82, 2.24) is 0 Å². The highest BCUT2D eigenvalue weighted by Crippen LogP contribution is 1.77. The van der Waals surface area contributed by atoms with Gasteiger partial charge in [0.1, 0.15) is 0 Å². The number of nitrogens with two attached hydrogens (primary N) is 1. The smallest absolute Gasteiger partial charge is 0.0450 e. The van der Waals surface area contributed by atoms with Gasteiger partial charge in [0.15, 0.2) is 0 Å². The van der Waals surface area contributed by atoms with Crippen molar-refractivity contribution in [2.45, 2.75) is 6.92 Å². The zero-order chi connectivity index (χ0) is 7.11. The summed E-state index contributed by atoms with van der Waals surface area (Å²) in [6.07, 6.45) is 3.08. The van der Waals surface area contributed by atoms with E-state index in [0.717, 1.165) is 5.71 Å². The van der Waals surface area contributed by atoms with E-state index in [0.29, 0.717) is 6.54 Å². The molecule has 0 aliphatic rings. The van der Waals surface area contributed by atoms with Crippen LogP contribution in [0.2, 0.25) is 0 Å². The lowest BCUT2D eigenvalue weighted by atomic mass is 10.4. The van der Waals surface area contributed by atoms with Crippen LogP contribution in [0.3, 0.4) is 0 Å². The minimum atomic E-state index is 0.488. The molecular weight excluding hydrogens is 114 g/mol. The molecule has 0 aliphatic carbocycles. The van der Waals surface area contributed by atoms with Gasteiger partial charge in [-0.05, 0) is 13.6 Å². The maximum Gasteiger partial charge on any atom is 0.0450 e. The third kappa shape index (κ3) is 4.90. The van der Waals surface area contributed by atoms with Crippen LogP contribution >= 0.6 is 0 Å². The Bertz CT molecular complexity index is 135. The van der Waals surface area contributed by atoms with E-state index < -0.39 is 0 Å². The third-order valence-electron chi connectivity index (χ3n) is 0.762.